The minimum atomic E-state index is -1.29. The Bertz CT molecular complexity index is 774. The number of aromatic nitrogens is 2. The first-order valence-electron chi connectivity index (χ1n) is 5.24. The molecule has 4 N–H and O–H groups in total. The van der Waals surface area contributed by atoms with Gasteiger partial charge in [0, 0.05) is 0 Å². The summed E-state index contributed by atoms with van der Waals surface area (Å²) in [7, 11) is 0. The van der Waals surface area contributed by atoms with Crippen molar-refractivity contribution >= 4 is 28.3 Å². The summed E-state index contributed by atoms with van der Waals surface area (Å²) in [4.78, 5) is 44.9. The first kappa shape index (κ1) is 12.6. The molecule has 1 amide bonds. The molecule has 0 aliphatic rings. The Kier molecular flexibility index (Phi) is 3.15. The van der Waals surface area contributed by atoms with Gasteiger partial charge in [0.15, 0.2) is 0 Å². The number of hydrogen-bond donors (Lipinski definition) is 4. The third-order valence-electron chi connectivity index (χ3n) is 2.41. The number of carbonyl (C=O) groups is 2. The zero-order valence-electron chi connectivity index (χ0n) is 9.52. The van der Waals surface area contributed by atoms with Gasteiger partial charge in [0.05, 0.1) is 16.5 Å². The number of amides is 1. The summed E-state index contributed by atoms with van der Waals surface area (Å²) in [5.74, 6) is -2.07. The predicted molar refractivity (Wildman–Crippen MR) is 66.1 cm³/mol. The van der Waals surface area contributed by atoms with Crippen molar-refractivity contribution in [2.24, 2.45) is 0 Å². The number of benzene rings is 1. The lowest BCUT2D eigenvalue weighted by atomic mass is 10.1. The van der Waals surface area contributed by atoms with E-state index in [-0.39, 0.29) is 16.5 Å². The summed E-state index contributed by atoms with van der Waals surface area (Å²) in [6.45, 7) is 0. The lowest BCUT2D eigenvalue weighted by Gasteiger charge is -2.06. The molecule has 2 aromatic rings. The lowest BCUT2D eigenvalue weighted by molar-refractivity contribution is -0.139. The fourth-order valence-electron chi connectivity index (χ4n) is 1.67. The molecule has 2 rings (SSSR count). The van der Waals surface area contributed by atoms with Gasteiger partial charge in [-0.2, -0.15) is 0 Å². The molecule has 0 saturated heterocycles. The quantitative estimate of drug-likeness (QED) is 0.561. The van der Waals surface area contributed by atoms with Crippen molar-refractivity contribution in [1.82, 2.24) is 10.2 Å². The first-order valence-corrected chi connectivity index (χ1v) is 5.24. The van der Waals surface area contributed by atoms with Crippen molar-refractivity contribution in [1.29, 1.82) is 0 Å². The number of H-pyrrole nitrogens is 2. The van der Waals surface area contributed by atoms with Crippen LogP contribution in [0.3, 0.4) is 0 Å². The van der Waals surface area contributed by atoms with Gasteiger partial charge >= 0.3 is 5.97 Å². The number of carboxylic acids is 1. The van der Waals surface area contributed by atoms with E-state index in [9.17, 15) is 19.2 Å². The van der Waals surface area contributed by atoms with Crippen molar-refractivity contribution in [2.45, 2.75) is 6.42 Å². The van der Waals surface area contributed by atoms with E-state index >= 15 is 0 Å². The van der Waals surface area contributed by atoms with Crippen LogP contribution in [0.2, 0.25) is 0 Å². The van der Waals surface area contributed by atoms with Crippen molar-refractivity contribution < 1.29 is 14.7 Å². The highest BCUT2D eigenvalue weighted by atomic mass is 16.4. The Morgan fingerprint density at radius 2 is 1.84 bits per heavy atom. The van der Waals surface area contributed by atoms with Gasteiger partial charge in [-0.15, -0.1) is 0 Å². The fourth-order valence-corrected chi connectivity index (χ4v) is 1.67. The van der Waals surface area contributed by atoms with Crippen LogP contribution >= 0.6 is 0 Å². The molecule has 0 bridgehead atoms. The molecular weight excluding hydrogens is 254 g/mol. The van der Waals surface area contributed by atoms with Crippen molar-refractivity contribution in [3.05, 3.63) is 38.9 Å². The van der Waals surface area contributed by atoms with Crippen LogP contribution in [0.15, 0.2) is 27.8 Å². The maximum atomic E-state index is 11.7. The molecule has 8 heteroatoms. The molecule has 0 fully saturated rings. The molecule has 98 valence electrons. The second kappa shape index (κ2) is 4.77. The average molecular weight is 263 g/mol. The Hall–Kier alpha value is -2.90. The maximum absolute atomic E-state index is 11.7. The molecule has 0 radical (unpaired) electrons. The molecule has 8 nitrogen and oxygen atoms in total. The number of carboxylic acid groups (broad SMARTS) is 1. The highest BCUT2D eigenvalue weighted by Gasteiger charge is 2.12. The van der Waals surface area contributed by atoms with Gasteiger partial charge < -0.3 is 10.4 Å². The molecule has 0 atom stereocenters. The second-order valence-electron chi connectivity index (χ2n) is 3.76. The van der Waals surface area contributed by atoms with Gasteiger partial charge in [-0.25, -0.2) is 0 Å². The van der Waals surface area contributed by atoms with Crippen LogP contribution in [0, 0.1) is 0 Å². The van der Waals surface area contributed by atoms with E-state index in [1.54, 1.807) is 0 Å². The molecule has 1 heterocycles. The van der Waals surface area contributed by atoms with E-state index in [4.69, 9.17) is 5.11 Å². The number of nitrogens with one attached hydrogen (secondary N) is 3. The van der Waals surface area contributed by atoms with Crippen LogP contribution < -0.4 is 16.4 Å². The maximum Gasteiger partial charge on any atom is 0.312 e. The minimum absolute atomic E-state index is 0.00462. The van der Waals surface area contributed by atoms with Gasteiger partial charge in [-0.1, -0.05) is 6.07 Å². The smallest absolute Gasteiger partial charge is 0.312 e. The van der Waals surface area contributed by atoms with E-state index in [0.29, 0.717) is 0 Å². The summed E-state index contributed by atoms with van der Waals surface area (Å²) in [6, 6.07) is 4.32. The van der Waals surface area contributed by atoms with Gasteiger partial charge in [0.1, 0.15) is 6.42 Å². The van der Waals surface area contributed by atoms with Crippen LogP contribution in [0.25, 0.3) is 10.8 Å². The Morgan fingerprint density at radius 3 is 2.53 bits per heavy atom. The topological polar surface area (TPSA) is 132 Å². The van der Waals surface area contributed by atoms with E-state index in [1.807, 2.05) is 0 Å². The van der Waals surface area contributed by atoms with Crippen LogP contribution in [-0.2, 0) is 9.59 Å². The largest absolute Gasteiger partial charge is 0.481 e. The number of aliphatic carboxylic acids is 1. The third kappa shape index (κ3) is 2.51. The normalized spacial score (nSPS) is 10.3. The number of fused-ring (bicyclic) bond motifs is 1. The lowest BCUT2D eigenvalue weighted by Crippen LogP contribution is -2.22. The monoisotopic (exact) mass is 263 g/mol. The number of aromatic amines is 2. The molecule has 1 aromatic heterocycles. The van der Waals surface area contributed by atoms with E-state index in [2.05, 4.69) is 15.5 Å². The highest BCUT2D eigenvalue weighted by Crippen LogP contribution is 2.16. The molecule has 0 saturated carbocycles. The predicted octanol–water partition coefficient (Wildman–Crippen LogP) is -0.370. The van der Waals surface area contributed by atoms with Crippen molar-refractivity contribution in [3.63, 3.8) is 0 Å². The average Bonchev–Trinajstić information content (AvgIpc) is 2.33. The number of hydrogen-bond acceptors (Lipinski definition) is 4. The van der Waals surface area contributed by atoms with Crippen LogP contribution in [0.5, 0.6) is 0 Å². The van der Waals surface area contributed by atoms with Gasteiger partial charge in [0.2, 0.25) is 5.91 Å². The van der Waals surface area contributed by atoms with E-state index in [0.717, 1.165) is 0 Å². The molecule has 0 unspecified atom stereocenters. The van der Waals surface area contributed by atoms with Crippen LogP contribution in [0.4, 0.5) is 5.69 Å². The number of anilines is 1. The number of carbonyl (C=O) groups excluding carboxylic acids is 1. The SMILES string of the molecule is O=C(O)CC(=O)Nc1cccc2c(=O)[nH][nH]c(=O)c12. The van der Waals surface area contributed by atoms with Gasteiger partial charge in [0.25, 0.3) is 11.1 Å². The van der Waals surface area contributed by atoms with E-state index < -0.39 is 29.4 Å². The zero-order chi connectivity index (χ0) is 14.0. The van der Waals surface area contributed by atoms with Crippen molar-refractivity contribution in [3.8, 4) is 0 Å². The van der Waals surface area contributed by atoms with Crippen molar-refractivity contribution in [2.75, 3.05) is 5.32 Å². The Balaban J connectivity index is 2.53. The molecular formula is C11H9N3O5. The van der Waals surface area contributed by atoms with Crippen LogP contribution in [0.1, 0.15) is 6.42 Å². The second-order valence-corrected chi connectivity index (χ2v) is 3.76. The highest BCUT2D eigenvalue weighted by molar-refractivity contribution is 6.06. The summed E-state index contributed by atoms with van der Waals surface area (Å²) in [6.07, 6.45) is -0.725. The Morgan fingerprint density at radius 1 is 1.16 bits per heavy atom. The molecule has 0 aliphatic heterocycles. The summed E-state index contributed by atoms with van der Waals surface area (Å²) < 4.78 is 0. The fraction of sp³-hybridized carbons (Fsp3) is 0.0909. The molecule has 0 aliphatic carbocycles. The first-order chi connectivity index (χ1) is 8.99. The summed E-state index contributed by atoms with van der Waals surface area (Å²) in [5.41, 5.74) is -0.999. The Labute approximate surface area is 105 Å². The van der Waals surface area contributed by atoms with Gasteiger partial charge in [-0.05, 0) is 12.1 Å². The third-order valence-corrected chi connectivity index (χ3v) is 2.41. The summed E-state index contributed by atoms with van der Waals surface area (Å²) >= 11 is 0. The minimum Gasteiger partial charge on any atom is -0.481 e. The number of rotatable bonds is 3. The molecule has 1 aromatic carbocycles. The molecule has 19 heavy (non-hydrogen) atoms. The standard InChI is InChI=1S/C11H9N3O5/c15-7(4-8(16)17)12-6-3-1-2-5-9(6)11(19)14-13-10(5)18/h1-3H,4H2,(H,12,15)(H,13,18)(H,14,19)(H,16,17). The zero-order valence-corrected chi connectivity index (χ0v) is 9.52. The van der Waals surface area contributed by atoms with E-state index in [1.165, 1.54) is 18.2 Å². The van der Waals surface area contributed by atoms with Crippen LogP contribution in [-0.4, -0.2) is 27.2 Å². The molecule has 0 spiro atoms. The summed E-state index contributed by atoms with van der Waals surface area (Å²) in [5, 5.41) is 15.2. The van der Waals surface area contributed by atoms with Gasteiger partial charge in [-0.3, -0.25) is 29.4 Å².